The third-order valence-electron chi connectivity index (χ3n) is 2.98. The van der Waals surface area contributed by atoms with Gasteiger partial charge in [-0.25, -0.2) is 9.18 Å². The highest BCUT2D eigenvalue weighted by Crippen LogP contribution is 2.23. The Balaban J connectivity index is 2.08. The van der Waals surface area contributed by atoms with Crippen LogP contribution in [0.2, 0.25) is 0 Å². The lowest BCUT2D eigenvalue weighted by molar-refractivity contribution is -0.142. The van der Waals surface area contributed by atoms with E-state index in [-0.39, 0.29) is 12.2 Å². The molecular weight excluding hydrogens is 286 g/mol. The number of hydrogen-bond acceptors (Lipinski definition) is 2. The zero-order valence-corrected chi connectivity index (χ0v) is 11.8. The SMILES string of the molecule is C=Cc1ccc(/C(F)=C(/F)C(=O)OCc2ccccc2)cc1. The molecule has 0 aliphatic rings. The fourth-order valence-corrected chi connectivity index (χ4v) is 1.77. The van der Waals surface area contributed by atoms with Gasteiger partial charge in [0.1, 0.15) is 6.61 Å². The lowest BCUT2D eigenvalue weighted by Crippen LogP contribution is -2.06. The van der Waals surface area contributed by atoms with Crippen LogP contribution in [-0.2, 0) is 16.1 Å². The number of carbonyl (C=O) groups is 1. The number of esters is 1. The smallest absolute Gasteiger partial charge is 0.370 e. The van der Waals surface area contributed by atoms with Gasteiger partial charge >= 0.3 is 5.97 Å². The van der Waals surface area contributed by atoms with Gasteiger partial charge in [-0.2, -0.15) is 4.39 Å². The van der Waals surface area contributed by atoms with Gasteiger partial charge in [-0.3, -0.25) is 0 Å². The molecule has 2 nitrogen and oxygen atoms in total. The molecule has 0 radical (unpaired) electrons. The van der Waals surface area contributed by atoms with E-state index in [9.17, 15) is 13.6 Å². The van der Waals surface area contributed by atoms with E-state index in [1.165, 1.54) is 12.1 Å². The summed E-state index contributed by atoms with van der Waals surface area (Å²) in [5.74, 6) is -4.11. The predicted octanol–water partition coefficient (Wildman–Crippen LogP) is 4.68. The van der Waals surface area contributed by atoms with Crippen LogP contribution in [-0.4, -0.2) is 5.97 Å². The minimum Gasteiger partial charge on any atom is -0.455 e. The van der Waals surface area contributed by atoms with E-state index >= 15 is 0 Å². The average Bonchev–Trinajstić information content (AvgIpc) is 2.59. The molecule has 0 atom stereocenters. The molecule has 0 unspecified atom stereocenters. The molecule has 0 saturated heterocycles. The third kappa shape index (κ3) is 3.88. The number of ether oxygens (including phenoxy) is 1. The largest absolute Gasteiger partial charge is 0.455 e. The van der Waals surface area contributed by atoms with E-state index in [1.54, 1.807) is 48.5 Å². The number of carbonyl (C=O) groups excluding carboxylic acids is 1. The fourth-order valence-electron chi connectivity index (χ4n) is 1.77. The minimum absolute atomic E-state index is 0.0280. The van der Waals surface area contributed by atoms with Crippen molar-refractivity contribution in [3.05, 3.63) is 83.7 Å². The predicted molar refractivity (Wildman–Crippen MR) is 81.9 cm³/mol. The maximum Gasteiger partial charge on any atom is 0.370 e. The molecule has 2 aromatic rings. The van der Waals surface area contributed by atoms with Crippen molar-refractivity contribution in [3.63, 3.8) is 0 Å². The quantitative estimate of drug-likeness (QED) is 0.592. The maximum absolute atomic E-state index is 13.9. The number of rotatable bonds is 5. The van der Waals surface area contributed by atoms with Crippen molar-refractivity contribution in [1.82, 2.24) is 0 Å². The van der Waals surface area contributed by atoms with Crippen LogP contribution in [0.1, 0.15) is 16.7 Å². The highest BCUT2D eigenvalue weighted by atomic mass is 19.2. The summed E-state index contributed by atoms with van der Waals surface area (Å²) in [5, 5.41) is 0. The van der Waals surface area contributed by atoms with Crippen molar-refractivity contribution >= 4 is 17.9 Å². The molecule has 0 heterocycles. The van der Waals surface area contributed by atoms with Gasteiger partial charge in [0.25, 0.3) is 0 Å². The Labute approximate surface area is 127 Å². The number of benzene rings is 2. The van der Waals surface area contributed by atoms with Crippen LogP contribution in [0.25, 0.3) is 11.9 Å². The fraction of sp³-hybridized carbons (Fsp3) is 0.0556. The number of halogens is 2. The first-order valence-electron chi connectivity index (χ1n) is 6.61. The highest BCUT2D eigenvalue weighted by molar-refractivity contribution is 5.93. The van der Waals surface area contributed by atoms with Crippen molar-refractivity contribution in [2.24, 2.45) is 0 Å². The zero-order valence-electron chi connectivity index (χ0n) is 11.8. The normalized spacial score (nSPS) is 11.5. The van der Waals surface area contributed by atoms with Gasteiger partial charge in [-0.1, -0.05) is 67.3 Å². The van der Waals surface area contributed by atoms with Crippen molar-refractivity contribution in [1.29, 1.82) is 0 Å². The van der Waals surface area contributed by atoms with Crippen LogP contribution < -0.4 is 0 Å². The lowest BCUT2D eigenvalue weighted by Gasteiger charge is -2.05. The third-order valence-corrected chi connectivity index (χ3v) is 2.98. The second-order valence-electron chi connectivity index (χ2n) is 4.52. The molecule has 0 N–H and O–H groups in total. The lowest BCUT2D eigenvalue weighted by atomic mass is 10.1. The van der Waals surface area contributed by atoms with Crippen molar-refractivity contribution in [3.8, 4) is 0 Å². The van der Waals surface area contributed by atoms with Crippen LogP contribution in [0.5, 0.6) is 0 Å². The van der Waals surface area contributed by atoms with Gasteiger partial charge < -0.3 is 4.74 Å². The van der Waals surface area contributed by atoms with Crippen molar-refractivity contribution < 1.29 is 18.3 Å². The van der Waals surface area contributed by atoms with E-state index < -0.39 is 17.6 Å². The second-order valence-corrected chi connectivity index (χ2v) is 4.52. The Bertz CT molecular complexity index is 689. The Morgan fingerprint density at radius 1 is 1.05 bits per heavy atom. The van der Waals surface area contributed by atoms with Crippen LogP contribution in [0.4, 0.5) is 8.78 Å². The Morgan fingerprint density at radius 2 is 1.68 bits per heavy atom. The van der Waals surface area contributed by atoms with Crippen molar-refractivity contribution in [2.75, 3.05) is 0 Å². The first-order chi connectivity index (χ1) is 10.6. The van der Waals surface area contributed by atoms with Crippen molar-refractivity contribution in [2.45, 2.75) is 6.61 Å². The summed E-state index contributed by atoms with van der Waals surface area (Å²) in [7, 11) is 0. The van der Waals surface area contributed by atoms with Gasteiger partial charge in [0.15, 0.2) is 5.83 Å². The summed E-state index contributed by atoms with van der Waals surface area (Å²) in [4.78, 5) is 11.5. The van der Waals surface area contributed by atoms with Crippen LogP contribution in [0.3, 0.4) is 0 Å². The van der Waals surface area contributed by atoms with E-state index in [0.29, 0.717) is 5.56 Å². The first-order valence-corrected chi connectivity index (χ1v) is 6.61. The van der Waals surface area contributed by atoms with Gasteiger partial charge in [0, 0.05) is 5.56 Å². The molecule has 2 rings (SSSR count). The molecule has 0 bridgehead atoms. The molecule has 0 fully saturated rings. The topological polar surface area (TPSA) is 26.3 Å². The summed E-state index contributed by atoms with van der Waals surface area (Å²) in [6.45, 7) is 3.45. The molecule has 2 aromatic carbocycles. The van der Waals surface area contributed by atoms with Gasteiger partial charge in [-0.05, 0) is 11.1 Å². The van der Waals surface area contributed by atoms with Crippen LogP contribution in [0.15, 0.2) is 67.0 Å². The first kappa shape index (κ1) is 15.6. The second kappa shape index (κ2) is 7.31. The monoisotopic (exact) mass is 300 g/mol. The van der Waals surface area contributed by atoms with E-state index in [0.717, 1.165) is 5.56 Å². The molecule has 0 saturated carbocycles. The summed E-state index contributed by atoms with van der Waals surface area (Å²) in [5.41, 5.74) is 1.43. The van der Waals surface area contributed by atoms with Crippen LogP contribution in [0, 0.1) is 0 Å². The minimum atomic E-state index is -1.54. The zero-order chi connectivity index (χ0) is 15.9. The summed E-state index contributed by atoms with van der Waals surface area (Å²) < 4.78 is 32.4. The van der Waals surface area contributed by atoms with E-state index in [1.807, 2.05) is 0 Å². The summed E-state index contributed by atoms with van der Waals surface area (Å²) >= 11 is 0. The summed E-state index contributed by atoms with van der Waals surface area (Å²) in [6.07, 6.45) is 1.58. The van der Waals surface area contributed by atoms with Gasteiger partial charge in [0.2, 0.25) is 5.83 Å². The van der Waals surface area contributed by atoms with E-state index in [4.69, 9.17) is 4.74 Å². The Morgan fingerprint density at radius 3 is 2.27 bits per heavy atom. The molecule has 22 heavy (non-hydrogen) atoms. The molecule has 0 amide bonds. The van der Waals surface area contributed by atoms with E-state index in [2.05, 4.69) is 6.58 Å². The molecule has 0 aromatic heterocycles. The van der Waals surface area contributed by atoms with Gasteiger partial charge in [-0.15, -0.1) is 0 Å². The molecule has 0 aliphatic heterocycles. The highest BCUT2D eigenvalue weighted by Gasteiger charge is 2.18. The summed E-state index contributed by atoms with van der Waals surface area (Å²) in [6, 6.07) is 14.7. The molecule has 0 aliphatic carbocycles. The Hall–Kier alpha value is -2.75. The molecular formula is C18H14F2O2. The van der Waals surface area contributed by atoms with Crippen LogP contribution >= 0.6 is 0 Å². The van der Waals surface area contributed by atoms with Gasteiger partial charge in [0.05, 0.1) is 0 Å². The standard InChI is InChI=1S/C18H14F2O2/c1-2-13-8-10-15(11-9-13)16(19)17(20)18(21)22-12-14-6-4-3-5-7-14/h2-11H,1,12H2/b17-16-. The maximum atomic E-state index is 13.9. The molecule has 4 heteroatoms. The molecule has 0 spiro atoms. The number of hydrogen-bond donors (Lipinski definition) is 0. The average molecular weight is 300 g/mol. The Kier molecular flexibility index (Phi) is 5.20. The molecule has 112 valence electrons.